The van der Waals surface area contributed by atoms with E-state index in [1.165, 1.54) is 29.6 Å². The molecule has 0 spiro atoms. The number of sulfonamides is 1. The highest BCUT2D eigenvalue weighted by Gasteiger charge is 2.32. The minimum absolute atomic E-state index is 0.0555. The first-order valence-electron chi connectivity index (χ1n) is 10.5. The molecule has 0 aliphatic carbocycles. The van der Waals surface area contributed by atoms with Gasteiger partial charge in [0.05, 0.1) is 12.8 Å². The maximum absolute atomic E-state index is 13.7. The lowest BCUT2D eigenvalue weighted by Gasteiger charge is -2.31. The predicted molar refractivity (Wildman–Crippen MR) is 123 cm³/mol. The molecule has 3 aromatic carbocycles. The van der Waals surface area contributed by atoms with Crippen LogP contribution in [0.5, 0.6) is 17.2 Å². The van der Waals surface area contributed by atoms with Gasteiger partial charge in [-0.05, 0) is 54.8 Å². The average molecular weight is 467 g/mol. The van der Waals surface area contributed by atoms with Crippen molar-refractivity contribution in [2.75, 3.05) is 30.1 Å². The normalized spacial score (nSPS) is 14.5. The van der Waals surface area contributed by atoms with E-state index >= 15 is 0 Å². The molecule has 5 rings (SSSR count). The van der Waals surface area contributed by atoms with Crippen LogP contribution in [0, 0.1) is 0 Å². The van der Waals surface area contributed by atoms with E-state index in [2.05, 4.69) is 5.32 Å². The van der Waals surface area contributed by atoms with Crippen molar-refractivity contribution in [3.63, 3.8) is 0 Å². The molecule has 2 aliphatic heterocycles. The Bertz CT molecular complexity index is 1340. The van der Waals surface area contributed by atoms with Gasteiger partial charge in [-0.15, -0.1) is 0 Å². The van der Waals surface area contributed by atoms with Crippen LogP contribution in [-0.2, 0) is 16.4 Å². The van der Waals surface area contributed by atoms with Crippen LogP contribution in [0.25, 0.3) is 0 Å². The van der Waals surface area contributed by atoms with E-state index in [1.54, 1.807) is 24.3 Å². The van der Waals surface area contributed by atoms with Crippen LogP contribution >= 0.6 is 0 Å². The summed E-state index contributed by atoms with van der Waals surface area (Å²) in [6, 6.07) is 16.9. The van der Waals surface area contributed by atoms with Crippen LogP contribution < -0.4 is 23.8 Å². The fraction of sp³-hybridized carbons (Fsp3) is 0.208. The molecule has 2 aliphatic rings. The maximum Gasteiger partial charge on any atom is 0.268 e. The van der Waals surface area contributed by atoms with Gasteiger partial charge < -0.3 is 19.5 Å². The summed E-state index contributed by atoms with van der Waals surface area (Å²) in [6.07, 6.45) is 1.53. The topological polar surface area (TPSA) is 94.2 Å². The van der Waals surface area contributed by atoms with Crippen molar-refractivity contribution in [2.45, 2.75) is 17.7 Å². The molecule has 2 heterocycles. The molecule has 33 heavy (non-hydrogen) atoms. The predicted octanol–water partition coefficient (Wildman–Crippen LogP) is 3.82. The third kappa shape index (κ3) is 3.84. The van der Waals surface area contributed by atoms with Gasteiger partial charge in [0.25, 0.3) is 15.9 Å². The van der Waals surface area contributed by atoms with Gasteiger partial charge in [0.1, 0.15) is 10.6 Å². The lowest BCUT2D eigenvalue weighted by atomic mass is 10.0. The smallest absolute Gasteiger partial charge is 0.268 e. The molecule has 1 amide bonds. The van der Waals surface area contributed by atoms with Crippen molar-refractivity contribution in [1.82, 2.24) is 0 Å². The molecule has 8 nitrogen and oxygen atoms in total. The number of nitrogens with zero attached hydrogens (tertiary/aromatic N) is 1. The van der Waals surface area contributed by atoms with Gasteiger partial charge >= 0.3 is 0 Å². The second-order valence-electron chi connectivity index (χ2n) is 7.70. The summed E-state index contributed by atoms with van der Waals surface area (Å²) in [4.78, 5) is 12.9. The Morgan fingerprint density at radius 3 is 2.70 bits per heavy atom. The third-order valence-electron chi connectivity index (χ3n) is 5.69. The zero-order valence-corrected chi connectivity index (χ0v) is 18.7. The number of benzene rings is 3. The number of amides is 1. The van der Waals surface area contributed by atoms with Gasteiger partial charge in [0, 0.05) is 23.9 Å². The summed E-state index contributed by atoms with van der Waals surface area (Å²) in [6.45, 7) is 0.488. The van der Waals surface area contributed by atoms with E-state index < -0.39 is 15.9 Å². The number of carbonyl (C=O) groups excluding carboxylic acids is 1. The molecule has 0 bridgehead atoms. The number of fused-ring (bicyclic) bond motifs is 2. The van der Waals surface area contributed by atoms with E-state index in [0.717, 1.165) is 12.0 Å². The molecule has 9 heteroatoms. The maximum atomic E-state index is 13.7. The lowest BCUT2D eigenvalue weighted by molar-refractivity contribution is 0.102. The van der Waals surface area contributed by atoms with Crippen LogP contribution in [0.15, 0.2) is 65.6 Å². The SMILES string of the molecule is COc1ccc(C(=O)Nc2ccc3c(c2)OCO3)cc1S(=O)(=O)N1CCCc2ccccc21. The Morgan fingerprint density at radius 2 is 1.85 bits per heavy atom. The first kappa shape index (κ1) is 21.1. The third-order valence-corrected chi connectivity index (χ3v) is 7.53. The van der Waals surface area contributed by atoms with Crippen molar-refractivity contribution >= 4 is 27.3 Å². The molecule has 3 aromatic rings. The van der Waals surface area contributed by atoms with Gasteiger partial charge in [0.2, 0.25) is 6.79 Å². The monoisotopic (exact) mass is 466 g/mol. The van der Waals surface area contributed by atoms with Crippen molar-refractivity contribution in [1.29, 1.82) is 0 Å². The summed E-state index contributed by atoms with van der Waals surface area (Å²) >= 11 is 0. The van der Waals surface area contributed by atoms with Crippen LogP contribution in [0.2, 0.25) is 0 Å². The molecule has 0 atom stereocenters. The van der Waals surface area contributed by atoms with Crippen molar-refractivity contribution in [3.05, 3.63) is 71.8 Å². The highest BCUT2D eigenvalue weighted by molar-refractivity contribution is 7.93. The van der Waals surface area contributed by atoms with Gasteiger partial charge in [-0.1, -0.05) is 18.2 Å². The molecule has 0 saturated carbocycles. The van der Waals surface area contributed by atoms with Crippen molar-refractivity contribution < 1.29 is 27.4 Å². The standard InChI is InChI=1S/C24H22N2O6S/c1-30-21-10-8-17(24(27)25-18-9-11-20-22(14-18)32-15-31-20)13-23(21)33(28,29)26-12-4-6-16-5-2-3-7-19(16)26/h2-3,5,7-11,13-14H,4,6,12,15H2,1H3,(H,25,27). The second kappa shape index (κ2) is 8.32. The van der Waals surface area contributed by atoms with Gasteiger partial charge in [-0.25, -0.2) is 8.42 Å². The molecule has 0 saturated heterocycles. The molecule has 170 valence electrons. The van der Waals surface area contributed by atoms with Crippen LogP contribution in [0.1, 0.15) is 22.3 Å². The Morgan fingerprint density at radius 1 is 1.03 bits per heavy atom. The fourth-order valence-electron chi connectivity index (χ4n) is 4.06. The van der Waals surface area contributed by atoms with Gasteiger partial charge in [-0.3, -0.25) is 9.10 Å². The van der Waals surface area contributed by atoms with Crippen molar-refractivity contribution in [3.8, 4) is 17.2 Å². The van der Waals surface area contributed by atoms with E-state index in [4.69, 9.17) is 14.2 Å². The fourth-order valence-corrected chi connectivity index (χ4v) is 5.79. The largest absolute Gasteiger partial charge is 0.495 e. The minimum Gasteiger partial charge on any atom is -0.495 e. The molecular formula is C24H22N2O6S. The Hall–Kier alpha value is -3.72. The van der Waals surface area contributed by atoms with E-state index in [1.807, 2.05) is 18.2 Å². The lowest BCUT2D eigenvalue weighted by Crippen LogP contribution is -2.35. The van der Waals surface area contributed by atoms with Gasteiger partial charge in [-0.2, -0.15) is 0 Å². The van der Waals surface area contributed by atoms with Crippen LogP contribution in [0.4, 0.5) is 11.4 Å². The number of carbonyl (C=O) groups is 1. The van der Waals surface area contributed by atoms with E-state index in [-0.39, 0.29) is 23.0 Å². The Balaban J connectivity index is 1.48. The summed E-state index contributed by atoms with van der Waals surface area (Å²) in [5.41, 5.74) is 2.33. The molecular weight excluding hydrogens is 444 g/mol. The molecule has 0 fully saturated rings. The first-order chi connectivity index (χ1) is 16.0. The molecule has 0 unspecified atom stereocenters. The number of para-hydroxylation sites is 1. The highest BCUT2D eigenvalue weighted by Crippen LogP contribution is 2.36. The number of methoxy groups -OCH3 is 1. The van der Waals surface area contributed by atoms with Crippen LogP contribution in [0.3, 0.4) is 0 Å². The molecule has 0 aromatic heterocycles. The number of ether oxygens (including phenoxy) is 3. The Kier molecular flexibility index (Phi) is 5.33. The molecule has 0 radical (unpaired) electrons. The zero-order chi connectivity index (χ0) is 23.0. The van der Waals surface area contributed by atoms with E-state index in [0.29, 0.717) is 35.8 Å². The average Bonchev–Trinajstić information content (AvgIpc) is 3.31. The van der Waals surface area contributed by atoms with Crippen LogP contribution in [-0.4, -0.2) is 34.8 Å². The summed E-state index contributed by atoms with van der Waals surface area (Å²) < 4.78 is 44.7. The highest BCUT2D eigenvalue weighted by atomic mass is 32.2. The quantitative estimate of drug-likeness (QED) is 0.615. The van der Waals surface area contributed by atoms with Crippen molar-refractivity contribution in [2.24, 2.45) is 0 Å². The number of aryl methyl sites for hydroxylation is 1. The molecule has 1 N–H and O–H groups in total. The summed E-state index contributed by atoms with van der Waals surface area (Å²) in [7, 11) is -2.56. The minimum atomic E-state index is -3.96. The number of hydrogen-bond donors (Lipinski definition) is 1. The first-order valence-corrected chi connectivity index (χ1v) is 11.9. The number of hydrogen-bond acceptors (Lipinski definition) is 6. The second-order valence-corrected chi connectivity index (χ2v) is 9.53. The number of nitrogens with one attached hydrogen (secondary N) is 1. The Labute approximate surface area is 191 Å². The number of anilines is 2. The number of rotatable bonds is 5. The van der Waals surface area contributed by atoms with E-state index in [9.17, 15) is 13.2 Å². The zero-order valence-electron chi connectivity index (χ0n) is 17.9. The van der Waals surface area contributed by atoms with Gasteiger partial charge in [0.15, 0.2) is 11.5 Å². The summed E-state index contributed by atoms with van der Waals surface area (Å²) in [5, 5.41) is 2.78. The summed E-state index contributed by atoms with van der Waals surface area (Å²) in [5.74, 6) is 0.867.